The molecule has 1 aliphatic rings. The van der Waals surface area contributed by atoms with Gasteiger partial charge in [-0.15, -0.1) is 0 Å². The first-order valence-corrected chi connectivity index (χ1v) is 20.0. The Hall–Kier alpha value is -0.161. The summed E-state index contributed by atoms with van der Waals surface area (Å²) in [6.45, 7) is 35.1. The molecule has 1 aromatic rings. The average Bonchev–Trinajstić information content (AvgIpc) is 2.97. The molecule has 0 aliphatic carbocycles. The van der Waals surface area contributed by atoms with E-state index in [1.165, 1.54) is 22.3 Å². The second-order valence-electron chi connectivity index (χ2n) is 14.4. The van der Waals surface area contributed by atoms with E-state index in [-0.39, 0.29) is 23.1 Å². The summed E-state index contributed by atoms with van der Waals surface area (Å²) in [5.74, 6) is 0. The van der Waals surface area contributed by atoms with E-state index in [9.17, 15) is 0 Å². The first-order valence-electron chi connectivity index (χ1n) is 11.7. The van der Waals surface area contributed by atoms with Crippen molar-refractivity contribution in [3.8, 4) is 0 Å². The van der Waals surface area contributed by atoms with Crippen LogP contribution in [0.3, 0.4) is 0 Å². The van der Waals surface area contributed by atoms with E-state index in [1.807, 2.05) is 8.95 Å². The zero-order valence-corrected chi connectivity index (χ0v) is 26.6. The molecule has 0 aromatic heterocycles. The van der Waals surface area contributed by atoms with E-state index >= 15 is 0 Å². The topological polar surface area (TPSA) is 21.6 Å². The van der Waals surface area contributed by atoms with Gasteiger partial charge in [0.2, 0.25) is 0 Å². The summed E-state index contributed by atoms with van der Waals surface area (Å²) >= 11 is -3.23. The normalized spacial score (nSPS) is 18.1. The van der Waals surface area contributed by atoms with Crippen molar-refractivity contribution in [1.82, 2.24) is 0 Å². The Morgan fingerprint density at radius 2 is 1.03 bits per heavy atom. The van der Waals surface area contributed by atoms with Crippen molar-refractivity contribution in [2.75, 3.05) is 0 Å². The fourth-order valence-corrected chi connectivity index (χ4v) is 24.0. The van der Waals surface area contributed by atoms with Crippen molar-refractivity contribution in [3.05, 3.63) is 34.4 Å². The Labute approximate surface area is 200 Å². The van der Waals surface area contributed by atoms with Gasteiger partial charge in [-0.3, -0.25) is 0 Å². The summed E-state index contributed by atoms with van der Waals surface area (Å²) in [5.41, 5.74) is 5.64. The second kappa shape index (κ2) is 7.96. The molecule has 2 rings (SSSR count). The molecule has 0 saturated carbocycles. The molecule has 176 valence electrons. The summed E-state index contributed by atoms with van der Waals surface area (Å²) < 4.78 is 6.90. The van der Waals surface area contributed by atoms with Crippen LogP contribution < -0.4 is 0 Å². The third-order valence-electron chi connectivity index (χ3n) is 6.31. The second-order valence-corrected chi connectivity index (χ2v) is 33.2. The fourth-order valence-electron chi connectivity index (χ4n) is 4.57. The van der Waals surface area contributed by atoms with Crippen molar-refractivity contribution >= 4 is 31.4 Å². The predicted molar refractivity (Wildman–Crippen MR) is 143 cm³/mol. The number of hydrogen-bond donors (Lipinski definition) is 0. The quantitative estimate of drug-likeness (QED) is 0.324. The van der Waals surface area contributed by atoms with Gasteiger partial charge in [0, 0.05) is 0 Å². The van der Waals surface area contributed by atoms with Crippen LogP contribution in [-0.2, 0) is 19.4 Å². The molecule has 0 atom stereocenters. The van der Waals surface area contributed by atoms with Crippen molar-refractivity contribution < 1.29 is 3.17 Å². The molecule has 0 unspecified atom stereocenters. The van der Waals surface area contributed by atoms with E-state index in [1.54, 1.807) is 0 Å². The van der Waals surface area contributed by atoms with Crippen molar-refractivity contribution in [2.24, 2.45) is 5.16 Å². The van der Waals surface area contributed by atoms with Gasteiger partial charge in [-0.1, -0.05) is 0 Å². The first-order chi connectivity index (χ1) is 13.5. The maximum atomic E-state index is 6.63. The molecule has 0 saturated heterocycles. The minimum atomic E-state index is -3.23. The molecule has 0 spiro atoms. The van der Waals surface area contributed by atoms with Crippen molar-refractivity contribution in [3.63, 3.8) is 0 Å². The Balaban J connectivity index is 2.86. The van der Waals surface area contributed by atoms with Crippen LogP contribution in [0, 0.1) is 0 Å². The maximum absolute atomic E-state index is 6.63. The van der Waals surface area contributed by atoms with E-state index in [2.05, 4.69) is 116 Å². The molecule has 4 heteroatoms. The predicted octanol–water partition coefficient (Wildman–Crippen LogP) is 9.05. The van der Waals surface area contributed by atoms with Crippen LogP contribution in [0.1, 0.15) is 126 Å². The number of oxime groups is 1. The van der Waals surface area contributed by atoms with Crippen LogP contribution >= 0.6 is 8.95 Å². The first kappa shape index (κ1) is 27.1. The van der Waals surface area contributed by atoms with Gasteiger partial charge in [-0.2, -0.15) is 0 Å². The molecule has 0 N–H and O–H groups in total. The third-order valence-corrected chi connectivity index (χ3v) is 32.2. The summed E-state index contributed by atoms with van der Waals surface area (Å²) in [6.07, 6.45) is 0. The van der Waals surface area contributed by atoms with Crippen LogP contribution in [0.25, 0.3) is 0 Å². The fraction of sp³-hybridized carbons (Fsp3) is 0.741. The molecule has 0 bridgehead atoms. The standard InChI is InChI=1S/C19H31NOS.2C4H9.Sn/c1-17(2,3)12-10-13(18(4,5)6)15(16(22)20-21)14(11-12)19(7,8)9;2*1-4(2)3;/h10-11,21H,1-9H3,(H,20,22);2*1-3H3;/q;;;+2/p-2. The summed E-state index contributed by atoms with van der Waals surface area (Å²) in [5, 5.41) is 6.03. The molecule has 1 aliphatic heterocycles. The van der Waals surface area contributed by atoms with Crippen LogP contribution in [0.4, 0.5) is 0 Å². The van der Waals surface area contributed by atoms with Gasteiger partial charge in [0.05, 0.1) is 0 Å². The molecule has 1 heterocycles. The van der Waals surface area contributed by atoms with E-state index in [0.29, 0.717) is 0 Å². The number of rotatable bonds is 1. The van der Waals surface area contributed by atoms with E-state index in [0.717, 1.165) is 5.04 Å². The van der Waals surface area contributed by atoms with E-state index < -0.39 is 17.4 Å². The molecule has 0 fully saturated rings. The molecular weight excluding hydrogens is 505 g/mol. The molecule has 2 nitrogen and oxygen atoms in total. The van der Waals surface area contributed by atoms with Crippen molar-refractivity contribution in [1.29, 1.82) is 0 Å². The number of benzene rings is 1. The van der Waals surface area contributed by atoms with Crippen molar-refractivity contribution in [2.45, 2.75) is 127 Å². The van der Waals surface area contributed by atoms with Crippen LogP contribution in [0.5, 0.6) is 0 Å². The van der Waals surface area contributed by atoms with Gasteiger partial charge in [0.25, 0.3) is 0 Å². The minimum absolute atomic E-state index is 0.0178. The molecule has 0 radical (unpaired) electrons. The third kappa shape index (κ3) is 5.18. The van der Waals surface area contributed by atoms with Gasteiger partial charge >= 0.3 is 201 Å². The zero-order chi connectivity index (χ0) is 24.4. The zero-order valence-electron chi connectivity index (χ0n) is 22.9. The average molecular weight is 552 g/mol. The number of hydrogen-bond acceptors (Lipinski definition) is 3. The number of nitrogens with zero attached hydrogens (tertiary/aromatic N) is 1. The van der Waals surface area contributed by atoms with Gasteiger partial charge in [-0.25, -0.2) is 0 Å². The van der Waals surface area contributed by atoms with Gasteiger partial charge in [0.1, 0.15) is 0 Å². The molecule has 31 heavy (non-hydrogen) atoms. The Bertz CT molecular complexity index is 816. The Morgan fingerprint density at radius 1 is 0.645 bits per heavy atom. The Morgan fingerprint density at radius 3 is 1.29 bits per heavy atom. The summed E-state index contributed by atoms with van der Waals surface area (Å²) in [4.78, 5) is 0. The molecule has 1 aromatic carbocycles. The molecule has 0 amide bonds. The van der Waals surface area contributed by atoms with Gasteiger partial charge in [-0.05, 0) is 0 Å². The SMILES string of the molecule is CC(C)(C)c1cc(C(C)(C)C)c(C2=N[O][Sn]([C](C)(C)C)([C](C)(C)C)[S]2)c(C(C)(C)C)c1. The summed E-state index contributed by atoms with van der Waals surface area (Å²) in [6, 6.07) is 4.88. The Kier molecular flexibility index (Phi) is 6.95. The summed E-state index contributed by atoms with van der Waals surface area (Å²) in [7, 11) is 2.04. The van der Waals surface area contributed by atoms with Crippen LogP contribution in [0.15, 0.2) is 17.3 Å². The molecular formula is C27H47NOSSn. The monoisotopic (exact) mass is 553 g/mol. The van der Waals surface area contributed by atoms with Crippen LogP contribution in [0.2, 0.25) is 6.86 Å². The van der Waals surface area contributed by atoms with Gasteiger partial charge < -0.3 is 0 Å². The van der Waals surface area contributed by atoms with Crippen LogP contribution in [-0.4, -0.2) is 22.5 Å². The van der Waals surface area contributed by atoms with Gasteiger partial charge in [0.15, 0.2) is 0 Å². The van der Waals surface area contributed by atoms with E-state index in [4.69, 9.17) is 8.33 Å².